The molecule has 118 valence electrons. The van der Waals surface area contributed by atoms with Crippen molar-refractivity contribution in [3.05, 3.63) is 28.8 Å². The van der Waals surface area contributed by atoms with Gasteiger partial charge in [0.05, 0.1) is 0 Å². The number of hydrogen-bond acceptors (Lipinski definition) is 2. The number of nitrogens with zero attached hydrogens (tertiary/aromatic N) is 1. The van der Waals surface area contributed by atoms with E-state index in [-0.39, 0.29) is 5.54 Å². The molecular weight excluding hydrogens is 280 g/mol. The molecule has 1 saturated heterocycles. The molecule has 21 heavy (non-hydrogen) atoms. The lowest BCUT2D eigenvalue weighted by molar-refractivity contribution is 0.401. The standard InChI is InChI=1S/C18H29ClN2/c1-5-14-7-6-10-21(13-14)17-9-8-16(19)11-15(17)12-20-18(2,3)4/h8-9,11,14,20H,5-7,10,12-13H2,1-4H3. The minimum atomic E-state index is 0.118. The minimum absolute atomic E-state index is 0.118. The Kier molecular flexibility index (Phi) is 5.56. The number of piperidine rings is 1. The van der Waals surface area contributed by atoms with Gasteiger partial charge in [-0.25, -0.2) is 0 Å². The van der Waals surface area contributed by atoms with Gasteiger partial charge in [-0.2, -0.15) is 0 Å². The Morgan fingerprint density at radius 1 is 1.33 bits per heavy atom. The fourth-order valence-corrected chi connectivity index (χ4v) is 3.18. The lowest BCUT2D eigenvalue weighted by atomic mass is 9.94. The van der Waals surface area contributed by atoms with E-state index in [2.05, 4.69) is 50.0 Å². The predicted octanol–water partition coefficient (Wildman–Crippen LogP) is 4.85. The highest BCUT2D eigenvalue weighted by Gasteiger charge is 2.21. The first-order valence-electron chi connectivity index (χ1n) is 8.17. The molecule has 1 atom stereocenters. The van der Waals surface area contributed by atoms with E-state index in [1.54, 1.807) is 0 Å². The van der Waals surface area contributed by atoms with E-state index < -0.39 is 0 Å². The van der Waals surface area contributed by atoms with Gasteiger partial charge in [-0.15, -0.1) is 0 Å². The average Bonchev–Trinajstić information content (AvgIpc) is 2.44. The molecule has 1 aromatic carbocycles. The maximum absolute atomic E-state index is 6.22. The number of nitrogens with one attached hydrogen (secondary N) is 1. The van der Waals surface area contributed by atoms with Crippen LogP contribution in [0.1, 0.15) is 52.5 Å². The van der Waals surface area contributed by atoms with Crippen LogP contribution in [0.4, 0.5) is 5.69 Å². The summed E-state index contributed by atoms with van der Waals surface area (Å²) in [6.07, 6.45) is 3.95. The van der Waals surface area contributed by atoms with Gasteiger partial charge in [-0.05, 0) is 63.3 Å². The maximum Gasteiger partial charge on any atom is 0.0412 e. The van der Waals surface area contributed by atoms with Crippen LogP contribution in [0.15, 0.2) is 18.2 Å². The number of hydrogen-bond donors (Lipinski definition) is 1. The van der Waals surface area contributed by atoms with E-state index in [4.69, 9.17) is 11.6 Å². The second kappa shape index (κ2) is 7.02. The van der Waals surface area contributed by atoms with Crippen LogP contribution in [0, 0.1) is 5.92 Å². The number of halogens is 1. The highest BCUT2D eigenvalue weighted by Crippen LogP contribution is 2.29. The highest BCUT2D eigenvalue weighted by atomic mass is 35.5. The van der Waals surface area contributed by atoms with E-state index in [9.17, 15) is 0 Å². The van der Waals surface area contributed by atoms with Crippen molar-refractivity contribution < 1.29 is 0 Å². The first-order chi connectivity index (χ1) is 9.89. The monoisotopic (exact) mass is 308 g/mol. The van der Waals surface area contributed by atoms with Gasteiger partial charge >= 0.3 is 0 Å². The van der Waals surface area contributed by atoms with Gasteiger partial charge in [0.1, 0.15) is 0 Å². The van der Waals surface area contributed by atoms with Crippen molar-refractivity contribution in [2.45, 2.75) is 59.0 Å². The quantitative estimate of drug-likeness (QED) is 0.855. The zero-order valence-electron chi connectivity index (χ0n) is 13.9. The van der Waals surface area contributed by atoms with Gasteiger partial charge in [0.2, 0.25) is 0 Å². The molecule has 1 unspecified atom stereocenters. The third-order valence-electron chi connectivity index (χ3n) is 4.29. The molecule has 1 heterocycles. The second-order valence-electron chi connectivity index (χ2n) is 7.24. The van der Waals surface area contributed by atoms with Crippen LogP contribution >= 0.6 is 11.6 Å². The first-order valence-corrected chi connectivity index (χ1v) is 8.55. The Balaban J connectivity index is 2.17. The molecule has 0 radical (unpaired) electrons. The minimum Gasteiger partial charge on any atom is -0.371 e. The average molecular weight is 309 g/mol. The molecular formula is C18H29ClN2. The van der Waals surface area contributed by atoms with Crippen LogP contribution < -0.4 is 10.2 Å². The fourth-order valence-electron chi connectivity index (χ4n) is 2.98. The summed E-state index contributed by atoms with van der Waals surface area (Å²) in [6, 6.07) is 6.33. The van der Waals surface area contributed by atoms with E-state index in [0.29, 0.717) is 0 Å². The summed E-state index contributed by atoms with van der Waals surface area (Å²) in [5.74, 6) is 0.831. The van der Waals surface area contributed by atoms with Gasteiger partial charge < -0.3 is 10.2 Å². The number of rotatable bonds is 4. The van der Waals surface area contributed by atoms with Crippen molar-refractivity contribution in [1.82, 2.24) is 5.32 Å². The zero-order valence-corrected chi connectivity index (χ0v) is 14.6. The van der Waals surface area contributed by atoms with Crippen LogP contribution in [0.3, 0.4) is 0 Å². The van der Waals surface area contributed by atoms with E-state index >= 15 is 0 Å². The maximum atomic E-state index is 6.22. The molecule has 1 aliphatic heterocycles. The fraction of sp³-hybridized carbons (Fsp3) is 0.667. The summed E-state index contributed by atoms with van der Waals surface area (Å²) in [7, 11) is 0. The Morgan fingerprint density at radius 3 is 2.76 bits per heavy atom. The Hall–Kier alpha value is -0.730. The summed E-state index contributed by atoms with van der Waals surface area (Å²) in [5, 5.41) is 4.41. The Labute approximate surface area is 134 Å². The largest absolute Gasteiger partial charge is 0.371 e. The third-order valence-corrected chi connectivity index (χ3v) is 4.52. The van der Waals surface area contributed by atoms with Gasteiger partial charge in [0.25, 0.3) is 0 Å². The number of benzene rings is 1. The molecule has 0 amide bonds. The van der Waals surface area contributed by atoms with Crippen molar-refractivity contribution in [3.63, 3.8) is 0 Å². The van der Waals surface area contributed by atoms with Crippen molar-refractivity contribution >= 4 is 17.3 Å². The normalized spacial score (nSPS) is 19.9. The molecule has 1 fully saturated rings. The van der Waals surface area contributed by atoms with Gasteiger partial charge in [0, 0.05) is 35.9 Å². The van der Waals surface area contributed by atoms with E-state index in [1.165, 1.54) is 43.6 Å². The van der Waals surface area contributed by atoms with Gasteiger partial charge in [-0.3, -0.25) is 0 Å². The molecule has 1 aromatic rings. The summed E-state index contributed by atoms with van der Waals surface area (Å²) in [6.45, 7) is 12.1. The summed E-state index contributed by atoms with van der Waals surface area (Å²) in [4.78, 5) is 2.55. The third kappa shape index (κ3) is 4.89. The number of anilines is 1. The van der Waals surface area contributed by atoms with Crippen LogP contribution in [0.25, 0.3) is 0 Å². The molecule has 0 spiro atoms. The summed E-state index contributed by atoms with van der Waals surface area (Å²) < 4.78 is 0. The summed E-state index contributed by atoms with van der Waals surface area (Å²) >= 11 is 6.22. The van der Waals surface area contributed by atoms with Crippen molar-refractivity contribution in [1.29, 1.82) is 0 Å². The van der Waals surface area contributed by atoms with Crippen LogP contribution in [0.5, 0.6) is 0 Å². The molecule has 2 nitrogen and oxygen atoms in total. The zero-order chi connectivity index (χ0) is 15.5. The lowest BCUT2D eigenvalue weighted by Gasteiger charge is -2.35. The molecule has 2 rings (SSSR count). The molecule has 1 aliphatic rings. The topological polar surface area (TPSA) is 15.3 Å². The van der Waals surface area contributed by atoms with E-state index in [0.717, 1.165) is 17.5 Å². The lowest BCUT2D eigenvalue weighted by Crippen LogP contribution is -2.38. The van der Waals surface area contributed by atoms with Crippen LogP contribution in [-0.2, 0) is 6.54 Å². The van der Waals surface area contributed by atoms with Gasteiger partial charge in [0.15, 0.2) is 0 Å². The SMILES string of the molecule is CCC1CCCN(c2ccc(Cl)cc2CNC(C)(C)C)C1. The van der Waals surface area contributed by atoms with Gasteiger partial charge in [-0.1, -0.05) is 24.9 Å². The van der Waals surface area contributed by atoms with E-state index in [1.807, 2.05) is 6.07 Å². The second-order valence-corrected chi connectivity index (χ2v) is 7.68. The molecule has 1 N–H and O–H groups in total. The molecule has 0 saturated carbocycles. The first kappa shape index (κ1) is 16.6. The summed E-state index contributed by atoms with van der Waals surface area (Å²) in [5.41, 5.74) is 2.79. The van der Waals surface area contributed by atoms with Crippen LogP contribution in [0.2, 0.25) is 5.02 Å². The Bertz CT molecular complexity index is 465. The smallest absolute Gasteiger partial charge is 0.0412 e. The molecule has 0 aromatic heterocycles. The van der Waals surface area contributed by atoms with Crippen molar-refractivity contribution in [2.24, 2.45) is 5.92 Å². The molecule has 0 bridgehead atoms. The van der Waals surface area contributed by atoms with Crippen LogP contribution in [-0.4, -0.2) is 18.6 Å². The molecule has 0 aliphatic carbocycles. The predicted molar refractivity (Wildman–Crippen MR) is 93.3 cm³/mol. The Morgan fingerprint density at radius 2 is 2.10 bits per heavy atom. The van der Waals surface area contributed by atoms with Crippen molar-refractivity contribution in [3.8, 4) is 0 Å². The van der Waals surface area contributed by atoms with Crippen molar-refractivity contribution in [2.75, 3.05) is 18.0 Å². The molecule has 3 heteroatoms. The highest BCUT2D eigenvalue weighted by molar-refractivity contribution is 6.30.